The van der Waals surface area contributed by atoms with Gasteiger partial charge in [0.1, 0.15) is 11.2 Å². The van der Waals surface area contributed by atoms with Crippen molar-refractivity contribution in [2.24, 2.45) is 5.41 Å². The molecule has 1 amide bonds. The molecule has 0 aliphatic heterocycles. The first-order chi connectivity index (χ1) is 15.3. The highest BCUT2D eigenvalue weighted by Crippen LogP contribution is 2.37. The maximum atomic E-state index is 13.6. The molecule has 0 aliphatic rings. The summed E-state index contributed by atoms with van der Waals surface area (Å²) in [4.78, 5) is 24.1. The number of nitrogens with one attached hydrogen (secondary N) is 1. The number of halogens is 5. The number of benzene rings is 2. The zero-order chi connectivity index (χ0) is 24.6. The number of carbonyl (C=O) groups is 1. The van der Waals surface area contributed by atoms with Crippen molar-refractivity contribution in [1.82, 2.24) is 20.3 Å². The van der Waals surface area contributed by atoms with E-state index in [4.69, 9.17) is 11.6 Å². The molecule has 0 bridgehead atoms. The molecule has 6 nitrogen and oxygen atoms in total. The highest BCUT2D eigenvalue weighted by Gasteiger charge is 2.52. The van der Waals surface area contributed by atoms with E-state index in [0.717, 1.165) is 13.8 Å². The van der Waals surface area contributed by atoms with Crippen LogP contribution in [0.2, 0.25) is 5.02 Å². The molecule has 3 rings (SSSR count). The minimum absolute atomic E-state index is 0.00623. The number of carbonyl (C=O) groups excluding carboxylic acids is 1. The van der Waals surface area contributed by atoms with Gasteiger partial charge in [0.05, 0.1) is 5.02 Å². The molecular formula is C22H19ClF4N4O2. The lowest BCUT2D eigenvalue weighted by atomic mass is 9.91. The summed E-state index contributed by atoms with van der Waals surface area (Å²) in [6, 6.07) is 8.06. The van der Waals surface area contributed by atoms with Crippen LogP contribution in [0.25, 0.3) is 22.8 Å². The molecular weight excluding hydrogens is 464 g/mol. The van der Waals surface area contributed by atoms with Crippen LogP contribution in [0.1, 0.15) is 25.0 Å². The van der Waals surface area contributed by atoms with Crippen LogP contribution in [-0.4, -0.2) is 32.1 Å². The van der Waals surface area contributed by atoms with Gasteiger partial charge in [-0.3, -0.25) is 4.79 Å². The number of aryl methyl sites for hydroxylation is 1. The predicted octanol–water partition coefficient (Wildman–Crippen LogP) is 5.22. The number of nitrogens with zero attached hydrogens (tertiary/aromatic N) is 3. The van der Waals surface area contributed by atoms with Crippen LogP contribution in [0.4, 0.5) is 17.6 Å². The third-order valence-electron chi connectivity index (χ3n) is 5.04. The van der Waals surface area contributed by atoms with E-state index in [1.165, 1.54) is 36.4 Å². The van der Waals surface area contributed by atoms with Gasteiger partial charge in [0.25, 0.3) is 0 Å². The van der Waals surface area contributed by atoms with Gasteiger partial charge in [-0.2, -0.15) is 23.1 Å². The SMILES string of the molecule is Cc1cc(-c2nc(O)nc(-c3cc(CNC(=O)C(C)(C)C(F)(F)F)ccc3Cl)n2)ccc1F. The lowest BCUT2D eigenvalue weighted by Crippen LogP contribution is -2.46. The number of alkyl halides is 3. The van der Waals surface area contributed by atoms with Crippen molar-refractivity contribution in [3.8, 4) is 28.8 Å². The lowest BCUT2D eigenvalue weighted by Gasteiger charge is -2.26. The molecule has 0 spiro atoms. The van der Waals surface area contributed by atoms with Crippen molar-refractivity contribution in [2.75, 3.05) is 0 Å². The fraction of sp³-hybridized carbons (Fsp3) is 0.273. The van der Waals surface area contributed by atoms with Gasteiger partial charge in [-0.1, -0.05) is 17.7 Å². The molecule has 174 valence electrons. The van der Waals surface area contributed by atoms with Crippen molar-refractivity contribution >= 4 is 17.5 Å². The minimum atomic E-state index is -4.71. The molecule has 0 aliphatic carbocycles. The van der Waals surface area contributed by atoms with Crippen LogP contribution in [0.3, 0.4) is 0 Å². The van der Waals surface area contributed by atoms with Gasteiger partial charge < -0.3 is 10.4 Å². The summed E-state index contributed by atoms with van der Waals surface area (Å²) >= 11 is 6.25. The normalized spacial score (nSPS) is 12.0. The van der Waals surface area contributed by atoms with Gasteiger partial charge in [-0.05, 0) is 62.2 Å². The average Bonchev–Trinajstić information content (AvgIpc) is 2.73. The fourth-order valence-corrected chi connectivity index (χ4v) is 2.99. The van der Waals surface area contributed by atoms with Gasteiger partial charge in [0.15, 0.2) is 11.6 Å². The monoisotopic (exact) mass is 482 g/mol. The van der Waals surface area contributed by atoms with E-state index in [0.29, 0.717) is 16.7 Å². The molecule has 3 aromatic rings. The molecule has 0 atom stereocenters. The zero-order valence-electron chi connectivity index (χ0n) is 17.8. The van der Waals surface area contributed by atoms with E-state index in [-0.39, 0.29) is 28.8 Å². The van der Waals surface area contributed by atoms with Crippen LogP contribution >= 0.6 is 11.6 Å². The van der Waals surface area contributed by atoms with E-state index in [2.05, 4.69) is 20.3 Å². The first-order valence-corrected chi connectivity index (χ1v) is 10.0. The van der Waals surface area contributed by atoms with Crippen molar-refractivity contribution in [3.05, 3.63) is 58.4 Å². The summed E-state index contributed by atoms with van der Waals surface area (Å²) < 4.78 is 52.8. The minimum Gasteiger partial charge on any atom is -0.479 e. The van der Waals surface area contributed by atoms with Gasteiger partial charge in [-0.25, -0.2) is 9.37 Å². The summed E-state index contributed by atoms with van der Waals surface area (Å²) in [5.74, 6) is -1.53. The van der Waals surface area contributed by atoms with E-state index >= 15 is 0 Å². The Labute approximate surface area is 191 Å². The van der Waals surface area contributed by atoms with E-state index in [1.807, 2.05) is 0 Å². The molecule has 33 heavy (non-hydrogen) atoms. The highest BCUT2D eigenvalue weighted by atomic mass is 35.5. The first kappa shape index (κ1) is 24.4. The molecule has 0 radical (unpaired) electrons. The Kier molecular flexibility index (Phi) is 6.60. The van der Waals surface area contributed by atoms with Gasteiger partial charge in [0.2, 0.25) is 5.91 Å². The highest BCUT2D eigenvalue weighted by molar-refractivity contribution is 6.33. The van der Waals surface area contributed by atoms with E-state index in [9.17, 15) is 27.5 Å². The molecule has 2 N–H and O–H groups in total. The third-order valence-corrected chi connectivity index (χ3v) is 5.37. The molecule has 0 saturated carbocycles. The van der Waals surface area contributed by atoms with Crippen molar-refractivity contribution in [3.63, 3.8) is 0 Å². The van der Waals surface area contributed by atoms with E-state index in [1.54, 1.807) is 6.92 Å². The smallest absolute Gasteiger partial charge is 0.402 e. The first-order valence-electron chi connectivity index (χ1n) is 9.65. The Bertz CT molecular complexity index is 1220. The Morgan fingerprint density at radius 1 is 1.06 bits per heavy atom. The van der Waals surface area contributed by atoms with Crippen LogP contribution in [0, 0.1) is 18.2 Å². The summed E-state index contributed by atoms with van der Waals surface area (Å²) in [7, 11) is 0. The van der Waals surface area contributed by atoms with Crippen LogP contribution in [0.15, 0.2) is 36.4 Å². The van der Waals surface area contributed by atoms with E-state index < -0.39 is 29.3 Å². The number of aromatic hydroxyl groups is 1. The lowest BCUT2D eigenvalue weighted by molar-refractivity contribution is -0.211. The van der Waals surface area contributed by atoms with Gasteiger partial charge in [-0.15, -0.1) is 0 Å². The predicted molar refractivity (Wildman–Crippen MR) is 114 cm³/mol. The Balaban J connectivity index is 1.91. The summed E-state index contributed by atoms with van der Waals surface area (Å²) in [6.07, 6.45) is -4.71. The fourth-order valence-electron chi connectivity index (χ4n) is 2.78. The number of rotatable bonds is 5. The van der Waals surface area contributed by atoms with Crippen molar-refractivity contribution in [1.29, 1.82) is 0 Å². The quantitative estimate of drug-likeness (QED) is 0.487. The Hall–Kier alpha value is -3.27. The Morgan fingerprint density at radius 2 is 1.73 bits per heavy atom. The molecule has 1 heterocycles. The molecule has 11 heteroatoms. The maximum absolute atomic E-state index is 13.6. The van der Waals surface area contributed by atoms with Crippen LogP contribution in [-0.2, 0) is 11.3 Å². The molecule has 1 aromatic heterocycles. The van der Waals surface area contributed by atoms with Gasteiger partial charge in [0, 0.05) is 17.7 Å². The zero-order valence-corrected chi connectivity index (χ0v) is 18.5. The van der Waals surface area contributed by atoms with Crippen molar-refractivity contribution in [2.45, 2.75) is 33.5 Å². The number of aromatic nitrogens is 3. The van der Waals surface area contributed by atoms with Crippen LogP contribution < -0.4 is 5.32 Å². The average molecular weight is 483 g/mol. The van der Waals surface area contributed by atoms with Crippen molar-refractivity contribution < 1.29 is 27.5 Å². The number of hydrogen-bond acceptors (Lipinski definition) is 5. The summed E-state index contributed by atoms with van der Waals surface area (Å²) in [5, 5.41) is 12.5. The molecule has 2 aromatic carbocycles. The second kappa shape index (κ2) is 8.93. The molecule has 0 fully saturated rings. The number of amides is 1. The largest absolute Gasteiger partial charge is 0.479 e. The standard InChI is InChI=1S/C22H19ClF4N4O2/c1-11-8-13(5-7-16(11)24)17-29-18(31-20(33)30-17)14-9-12(4-6-15(14)23)10-28-19(32)21(2,3)22(25,26)27/h4-9H,10H2,1-3H3,(H,28,32)(H,29,30,31,33). The maximum Gasteiger partial charge on any atom is 0.402 e. The summed E-state index contributed by atoms with van der Waals surface area (Å²) in [5.41, 5.74) is -1.09. The molecule has 0 unspecified atom stereocenters. The summed E-state index contributed by atoms with van der Waals surface area (Å²) in [6.45, 7) is 2.95. The van der Waals surface area contributed by atoms with Gasteiger partial charge >= 0.3 is 12.2 Å². The third kappa shape index (κ3) is 5.22. The Morgan fingerprint density at radius 3 is 2.36 bits per heavy atom. The molecule has 0 saturated heterocycles. The second-order valence-corrected chi connectivity index (χ2v) is 8.27. The number of hydrogen-bond donors (Lipinski definition) is 2. The second-order valence-electron chi connectivity index (χ2n) is 7.87. The van der Waals surface area contributed by atoms with Crippen LogP contribution in [0.5, 0.6) is 6.01 Å². The topological polar surface area (TPSA) is 88.0 Å².